The van der Waals surface area contributed by atoms with Crippen LogP contribution in [0.3, 0.4) is 0 Å². The molecule has 23 heavy (non-hydrogen) atoms. The number of nitrogens with zero attached hydrogens (tertiary/aromatic N) is 3. The fourth-order valence-electron chi connectivity index (χ4n) is 2.62. The number of aromatic nitrogens is 1. The Bertz CT molecular complexity index is 572. The summed E-state index contributed by atoms with van der Waals surface area (Å²) in [6, 6.07) is 14.3. The average Bonchev–Trinajstić information content (AvgIpc) is 2.56. The Morgan fingerprint density at radius 1 is 0.957 bits per heavy atom. The van der Waals surface area contributed by atoms with Gasteiger partial charge in [0, 0.05) is 31.4 Å². The van der Waals surface area contributed by atoms with E-state index in [0.29, 0.717) is 0 Å². The number of hydrogen-bond acceptors (Lipinski definition) is 4. The molecule has 0 amide bonds. The summed E-state index contributed by atoms with van der Waals surface area (Å²) in [5, 5.41) is 0. The second-order valence-corrected chi connectivity index (χ2v) is 6.00. The quantitative estimate of drug-likeness (QED) is 0.711. The molecule has 0 fully saturated rings. The Morgan fingerprint density at radius 2 is 1.74 bits per heavy atom. The van der Waals surface area contributed by atoms with E-state index in [-0.39, 0.29) is 0 Å². The van der Waals surface area contributed by atoms with Crippen molar-refractivity contribution in [3.05, 3.63) is 59.9 Å². The lowest BCUT2D eigenvalue weighted by Crippen LogP contribution is -2.27. The molecule has 0 radical (unpaired) electrons. The molecule has 0 saturated heterocycles. The molecule has 1 aromatic heterocycles. The molecule has 1 aromatic carbocycles. The molecule has 2 rings (SSSR count). The van der Waals surface area contributed by atoms with Gasteiger partial charge in [-0.15, -0.1) is 0 Å². The molecule has 1 heterocycles. The molecule has 0 aliphatic heterocycles. The molecule has 2 aromatic rings. The Morgan fingerprint density at radius 3 is 2.43 bits per heavy atom. The molecule has 0 N–H and O–H groups in total. The first-order valence-corrected chi connectivity index (χ1v) is 8.08. The highest BCUT2D eigenvalue weighted by Gasteiger charge is 2.11. The maximum atomic E-state index is 5.49. The monoisotopic (exact) mass is 313 g/mol. The van der Waals surface area contributed by atoms with Gasteiger partial charge in [-0.2, -0.15) is 0 Å². The summed E-state index contributed by atoms with van der Waals surface area (Å²) < 4.78 is 5.49. The number of ether oxygens (including phenoxy) is 1. The first kappa shape index (κ1) is 17.4. The van der Waals surface area contributed by atoms with Crippen LogP contribution >= 0.6 is 0 Å². The van der Waals surface area contributed by atoms with Gasteiger partial charge in [-0.1, -0.05) is 24.3 Å². The Hall–Kier alpha value is -1.91. The van der Waals surface area contributed by atoms with Crippen LogP contribution in [0, 0.1) is 0 Å². The summed E-state index contributed by atoms with van der Waals surface area (Å²) in [7, 11) is 5.96. The third-order valence-corrected chi connectivity index (χ3v) is 3.78. The number of rotatable bonds is 9. The number of para-hydroxylation sites is 1. The molecule has 0 atom stereocenters. The molecule has 4 nitrogen and oxygen atoms in total. The van der Waals surface area contributed by atoms with E-state index in [1.807, 2.05) is 30.5 Å². The standard InChI is InChI=1S/C19H27N3O/c1-21(2)13-8-14-22(16-18-10-6-7-12-20-18)15-17-9-4-5-11-19(17)23-3/h4-7,9-12H,8,13-16H2,1-3H3. The molecular weight excluding hydrogens is 286 g/mol. The second kappa shape index (κ2) is 9.28. The van der Waals surface area contributed by atoms with Crippen LogP contribution in [0.1, 0.15) is 17.7 Å². The van der Waals surface area contributed by atoms with Crippen molar-refractivity contribution in [1.82, 2.24) is 14.8 Å². The van der Waals surface area contributed by atoms with Gasteiger partial charge >= 0.3 is 0 Å². The van der Waals surface area contributed by atoms with E-state index in [1.165, 1.54) is 5.56 Å². The maximum absolute atomic E-state index is 5.49. The van der Waals surface area contributed by atoms with Crippen molar-refractivity contribution in [1.29, 1.82) is 0 Å². The van der Waals surface area contributed by atoms with Crippen molar-refractivity contribution < 1.29 is 4.74 Å². The van der Waals surface area contributed by atoms with E-state index >= 15 is 0 Å². The summed E-state index contributed by atoms with van der Waals surface area (Å²) >= 11 is 0. The van der Waals surface area contributed by atoms with Crippen molar-refractivity contribution >= 4 is 0 Å². The minimum Gasteiger partial charge on any atom is -0.496 e. The van der Waals surface area contributed by atoms with Crippen molar-refractivity contribution in [3.63, 3.8) is 0 Å². The Kier molecular flexibility index (Phi) is 7.04. The van der Waals surface area contributed by atoms with Gasteiger partial charge in [0.1, 0.15) is 5.75 Å². The van der Waals surface area contributed by atoms with E-state index in [1.54, 1.807) is 7.11 Å². The fourth-order valence-corrected chi connectivity index (χ4v) is 2.62. The summed E-state index contributed by atoms with van der Waals surface area (Å²) in [6.45, 7) is 3.85. The molecule has 4 heteroatoms. The highest BCUT2D eigenvalue weighted by atomic mass is 16.5. The molecule has 124 valence electrons. The van der Waals surface area contributed by atoms with E-state index in [4.69, 9.17) is 4.74 Å². The zero-order chi connectivity index (χ0) is 16.5. The second-order valence-electron chi connectivity index (χ2n) is 6.00. The van der Waals surface area contributed by atoms with Crippen molar-refractivity contribution in [2.75, 3.05) is 34.3 Å². The van der Waals surface area contributed by atoms with Crippen LogP contribution in [-0.4, -0.2) is 49.1 Å². The van der Waals surface area contributed by atoms with Crippen LogP contribution in [0.4, 0.5) is 0 Å². The average molecular weight is 313 g/mol. The minimum atomic E-state index is 0.853. The Labute approximate surface area is 139 Å². The van der Waals surface area contributed by atoms with Crippen molar-refractivity contribution in [2.24, 2.45) is 0 Å². The van der Waals surface area contributed by atoms with Crippen LogP contribution in [0.15, 0.2) is 48.7 Å². The third-order valence-electron chi connectivity index (χ3n) is 3.78. The van der Waals surface area contributed by atoms with Crippen LogP contribution in [0.25, 0.3) is 0 Å². The molecule has 0 spiro atoms. The van der Waals surface area contributed by atoms with Crippen molar-refractivity contribution in [2.45, 2.75) is 19.5 Å². The largest absolute Gasteiger partial charge is 0.496 e. The van der Waals surface area contributed by atoms with Gasteiger partial charge in [0.15, 0.2) is 0 Å². The normalized spacial score (nSPS) is 11.2. The summed E-state index contributed by atoms with van der Waals surface area (Å²) in [5.41, 5.74) is 2.32. The summed E-state index contributed by atoms with van der Waals surface area (Å²) in [5.74, 6) is 0.950. The van der Waals surface area contributed by atoms with Gasteiger partial charge < -0.3 is 9.64 Å². The van der Waals surface area contributed by atoms with Crippen molar-refractivity contribution in [3.8, 4) is 5.75 Å². The number of hydrogen-bond donors (Lipinski definition) is 0. The van der Waals surface area contributed by atoms with Gasteiger partial charge in [0.05, 0.1) is 12.8 Å². The maximum Gasteiger partial charge on any atom is 0.123 e. The Balaban J connectivity index is 2.05. The van der Waals surface area contributed by atoms with Crippen LogP contribution in [0.5, 0.6) is 5.75 Å². The lowest BCUT2D eigenvalue weighted by Gasteiger charge is -2.24. The minimum absolute atomic E-state index is 0.853. The molecular formula is C19H27N3O. The highest BCUT2D eigenvalue weighted by molar-refractivity contribution is 5.33. The van der Waals surface area contributed by atoms with Crippen LogP contribution in [0.2, 0.25) is 0 Å². The SMILES string of the molecule is COc1ccccc1CN(CCCN(C)C)Cc1ccccn1. The zero-order valence-corrected chi connectivity index (χ0v) is 14.4. The number of benzene rings is 1. The van der Waals surface area contributed by atoms with Gasteiger partial charge in [0.2, 0.25) is 0 Å². The first-order chi connectivity index (χ1) is 11.2. The molecule has 0 unspecified atom stereocenters. The van der Waals surface area contributed by atoms with Gasteiger partial charge in [-0.3, -0.25) is 9.88 Å². The topological polar surface area (TPSA) is 28.6 Å². The van der Waals surface area contributed by atoms with Crippen LogP contribution < -0.4 is 4.74 Å². The van der Waals surface area contributed by atoms with E-state index < -0.39 is 0 Å². The predicted octanol–water partition coefficient (Wildman–Crippen LogP) is 3.04. The summed E-state index contributed by atoms with van der Waals surface area (Å²) in [4.78, 5) is 9.12. The van der Waals surface area contributed by atoms with E-state index in [0.717, 1.165) is 44.0 Å². The first-order valence-electron chi connectivity index (χ1n) is 8.08. The molecule has 0 aliphatic rings. The predicted molar refractivity (Wildman–Crippen MR) is 94.5 cm³/mol. The zero-order valence-electron chi connectivity index (χ0n) is 14.4. The van der Waals surface area contributed by atoms with E-state index in [9.17, 15) is 0 Å². The van der Waals surface area contributed by atoms with E-state index in [2.05, 4.69) is 47.1 Å². The lowest BCUT2D eigenvalue weighted by molar-refractivity contribution is 0.234. The molecule has 0 bridgehead atoms. The van der Waals surface area contributed by atoms with Gasteiger partial charge in [0.25, 0.3) is 0 Å². The van der Waals surface area contributed by atoms with Gasteiger partial charge in [-0.05, 0) is 45.3 Å². The molecule has 0 saturated carbocycles. The smallest absolute Gasteiger partial charge is 0.123 e. The number of pyridine rings is 1. The lowest BCUT2D eigenvalue weighted by atomic mass is 10.1. The molecule has 0 aliphatic carbocycles. The highest BCUT2D eigenvalue weighted by Crippen LogP contribution is 2.20. The van der Waals surface area contributed by atoms with Gasteiger partial charge in [-0.25, -0.2) is 0 Å². The number of methoxy groups -OCH3 is 1. The fraction of sp³-hybridized carbons (Fsp3) is 0.421. The summed E-state index contributed by atoms with van der Waals surface area (Å²) in [6.07, 6.45) is 2.99. The van der Waals surface area contributed by atoms with Crippen LogP contribution in [-0.2, 0) is 13.1 Å². The third kappa shape index (κ3) is 6.00.